The molecule has 2 fully saturated rings. The molecule has 4 unspecified atom stereocenters. The lowest BCUT2D eigenvalue weighted by Crippen LogP contribution is -2.34. The molecule has 2 rings (SSSR count). The fourth-order valence-corrected chi connectivity index (χ4v) is 2.74. The van der Waals surface area contributed by atoms with Crippen LogP contribution in [0.25, 0.3) is 0 Å². The number of rotatable bonds is 1. The second kappa shape index (κ2) is 3.23. The highest BCUT2D eigenvalue weighted by Gasteiger charge is 2.65. The van der Waals surface area contributed by atoms with E-state index in [1.54, 1.807) is 0 Å². The zero-order valence-electron chi connectivity index (χ0n) is 9.08. The van der Waals surface area contributed by atoms with Gasteiger partial charge in [0, 0.05) is 0 Å². The lowest BCUT2D eigenvalue weighted by Gasteiger charge is -2.30. The topological polar surface area (TPSA) is 38.8 Å². The van der Waals surface area contributed by atoms with Gasteiger partial charge in [0.1, 0.15) is 5.60 Å². The van der Waals surface area contributed by atoms with Crippen LogP contribution in [0, 0.1) is 11.8 Å². The lowest BCUT2D eigenvalue weighted by molar-refractivity contribution is -0.142. The maximum Gasteiger partial charge on any atom is 0.338 e. The van der Waals surface area contributed by atoms with E-state index in [1.165, 1.54) is 7.11 Å². The third kappa shape index (κ3) is 1.34. The molecule has 4 atom stereocenters. The Balaban J connectivity index is 2.02. The molecule has 1 aliphatic heterocycles. The summed E-state index contributed by atoms with van der Waals surface area (Å²) < 4.78 is 10.3. The molecule has 0 aromatic heterocycles. The van der Waals surface area contributed by atoms with Gasteiger partial charge in [-0.25, -0.2) is 4.79 Å². The van der Waals surface area contributed by atoms with E-state index in [0.29, 0.717) is 5.92 Å². The molecule has 1 saturated heterocycles. The smallest absolute Gasteiger partial charge is 0.338 e. The lowest BCUT2D eigenvalue weighted by atomic mass is 9.73. The highest BCUT2D eigenvalue weighted by Crippen LogP contribution is 2.53. The molecule has 0 aromatic rings. The van der Waals surface area contributed by atoms with E-state index < -0.39 is 0 Å². The molecule has 3 heteroatoms. The Morgan fingerprint density at radius 1 is 1.50 bits per heavy atom. The van der Waals surface area contributed by atoms with Crippen LogP contribution in [0.1, 0.15) is 33.1 Å². The number of methoxy groups -OCH3 is 1. The predicted molar refractivity (Wildman–Crippen MR) is 51.8 cm³/mol. The van der Waals surface area contributed by atoms with Crippen LogP contribution in [0.5, 0.6) is 0 Å². The first-order valence-corrected chi connectivity index (χ1v) is 5.36. The normalized spacial score (nSPS) is 46.4. The van der Waals surface area contributed by atoms with Gasteiger partial charge in [0.25, 0.3) is 0 Å². The van der Waals surface area contributed by atoms with Crippen molar-refractivity contribution in [2.75, 3.05) is 7.11 Å². The first-order valence-electron chi connectivity index (χ1n) is 5.36. The molecule has 1 heterocycles. The van der Waals surface area contributed by atoms with Crippen LogP contribution in [-0.4, -0.2) is 24.8 Å². The second-order valence-electron chi connectivity index (χ2n) is 4.76. The Morgan fingerprint density at radius 3 is 2.79 bits per heavy atom. The zero-order chi connectivity index (χ0) is 10.3. The summed E-state index contributed by atoms with van der Waals surface area (Å²) in [6.45, 7) is 4.44. The van der Waals surface area contributed by atoms with Crippen LogP contribution in [-0.2, 0) is 14.3 Å². The second-order valence-corrected chi connectivity index (χ2v) is 4.76. The van der Waals surface area contributed by atoms with E-state index in [2.05, 4.69) is 13.8 Å². The number of carbonyl (C=O) groups excluding carboxylic acids is 1. The molecule has 14 heavy (non-hydrogen) atoms. The fourth-order valence-electron chi connectivity index (χ4n) is 2.74. The summed E-state index contributed by atoms with van der Waals surface area (Å²) in [5, 5.41) is 0. The van der Waals surface area contributed by atoms with Crippen molar-refractivity contribution in [2.24, 2.45) is 11.8 Å². The summed E-state index contributed by atoms with van der Waals surface area (Å²) in [5.41, 5.74) is -0.167. The van der Waals surface area contributed by atoms with Crippen molar-refractivity contribution >= 4 is 5.97 Å². The number of carbonyl (C=O) groups is 1. The van der Waals surface area contributed by atoms with E-state index in [1.807, 2.05) is 0 Å². The minimum absolute atomic E-state index is 0.167. The largest absolute Gasteiger partial charge is 0.467 e. The predicted octanol–water partition coefficient (Wildman–Crippen LogP) is 1.75. The highest BCUT2D eigenvalue weighted by molar-refractivity contribution is 5.79. The molecule has 0 bridgehead atoms. The molecule has 0 aromatic carbocycles. The maximum absolute atomic E-state index is 11.3. The molecule has 0 amide bonds. The van der Waals surface area contributed by atoms with Crippen LogP contribution in [0.4, 0.5) is 0 Å². The summed E-state index contributed by atoms with van der Waals surface area (Å²) >= 11 is 0. The average molecular weight is 198 g/mol. The minimum Gasteiger partial charge on any atom is -0.467 e. The van der Waals surface area contributed by atoms with Crippen LogP contribution in [0.2, 0.25) is 0 Å². The van der Waals surface area contributed by atoms with Crippen molar-refractivity contribution in [3.8, 4) is 0 Å². The first kappa shape index (κ1) is 9.97. The van der Waals surface area contributed by atoms with E-state index >= 15 is 0 Å². The quantitative estimate of drug-likeness (QED) is 0.476. The van der Waals surface area contributed by atoms with Crippen LogP contribution >= 0.6 is 0 Å². The molecule has 1 saturated carbocycles. The summed E-state index contributed by atoms with van der Waals surface area (Å²) in [6, 6.07) is 0. The summed E-state index contributed by atoms with van der Waals surface area (Å²) in [6.07, 6.45) is 3.05. The van der Waals surface area contributed by atoms with Gasteiger partial charge in [-0.1, -0.05) is 13.8 Å². The first-order chi connectivity index (χ1) is 6.60. The van der Waals surface area contributed by atoms with Gasteiger partial charge in [-0.3, -0.25) is 0 Å². The number of epoxide rings is 1. The molecule has 80 valence electrons. The number of hydrogen-bond donors (Lipinski definition) is 0. The van der Waals surface area contributed by atoms with E-state index in [0.717, 1.165) is 25.2 Å². The number of ether oxygens (including phenoxy) is 2. The third-order valence-corrected chi connectivity index (χ3v) is 3.76. The zero-order valence-corrected chi connectivity index (χ0v) is 9.08. The van der Waals surface area contributed by atoms with Crippen LogP contribution in [0.15, 0.2) is 0 Å². The van der Waals surface area contributed by atoms with Crippen molar-refractivity contribution in [3.63, 3.8) is 0 Å². The van der Waals surface area contributed by atoms with E-state index in [9.17, 15) is 4.79 Å². The van der Waals surface area contributed by atoms with Gasteiger partial charge in [0.15, 0.2) is 6.10 Å². The number of esters is 1. The van der Waals surface area contributed by atoms with Gasteiger partial charge >= 0.3 is 5.97 Å². The minimum atomic E-state index is -0.282. The molecular weight excluding hydrogens is 180 g/mol. The van der Waals surface area contributed by atoms with Crippen LogP contribution in [0.3, 0.4) is 0 Å². The van der Waals surface area contributed by atoms with Crippen molar-refractivity contribution < 1.29 is 14.3 Å². The number of hydrogen-bond acceptors (Lipinski definition) is 3. The van der Waals surface area contributed by atoms with Gasteiger partial charge < -0.3 is 9.47 Å². The van der Waals surface area contributed by atoms with Crippen molar-refractivity contribution in [1.82, 2.24) is 0 Å². The third-order valence-electron chi connectivity index (χ3n) is 3.76. The molecule has 0 radical (unpaired) electrons. The molecule has 0 N–H and O–H groups in total. The van der Waals surface area contributed by atoms with Crippen molar-refractivity contribution in [1.29, 1.82) is 0 Å². The molecule has 2 aliphatic rings. The van der Waals surface area contributed by atoms with Gasteiger partial charge in [0.2, 0.25) is 0 Å². The van der Waals surface area contributed by atoms with Gasteiger partial charge in [-0.15, -0.1) is 0 Å². The molecule has 1 aliphatic carbocycles. The van der Waals surface area contributed by atoms with Gasteiger partial charge in [-0.05, 0) is 31.1 Å². The van der Waals surface area contributed by atoms with E-state index in [-0.39, 0.29) is 17.7 Å². The summed E-state index contributed by atoms with van der Waals surface area (Å²) in [4.78, 5) is 11.3. The molecular formula is C11H18O3. The highest BCUT2D eigenvalue weighted by atomic mass is 16.7. The molecule has 3 nitrogen and oxygen atoms in total. The monoisotopic (exact) mass is 198 g/mol. The van der Waals surface area contributed by atoms with Gasteiger partial charge in [-0.2, -0.15) is 0 Å². The van der Waals surface area contributed by atoms with Crippen molar-refractivity contribution in [2.45, 2.75) is 44.8 Å². The Morgan fingerprint density at radius 2 is 2.21 bits per heavy atom. The van der Waals surface area contributed by atoms with Crippen LogP contribution < -0.4 is 0 Å². The Labute approximate surface area is 84.8 Å². The average Bonchev–Trinajstić information content (AvgIpc) is 2.88. The fraction of sp³-hybridized carbons (Fsp3) is 0.909. The van der Waals surface area contributed by atoms with E-state index in [4.69, 9.17) is 9.47 Å². The summed E-state index contributed by atoms with van der Waals surface area (Å²) in [7, 11) is 1.42. The maximum atomic E-state index is 11.3. The Kier molecular flexibility index (Phi) is 2.30. The van der Waals surface area contributed by atoms with Gasteiger partial charge in [0.05, 0.1) is 7.11 Å². The standard InChI is InChI=1S/C11H18O3/c1-7-4-5-11(8(2)6-7)9(14-11)10(12)13-3/h7-9H,4-6H2,1-3H3. The van der Waals surface area contributed by atoms with Crippen molar-refractivity contribution in [3.05, 3.63) is 0 Å². The summed E-state index contributed by atoms with van der Waals surface area (Å²) in [5.74, 6) is 1.04. The Hall–Kier alpha value is -0.570. The SMILES string of the molecule is COC(=O)C1OC12CCC(C)CC2C. The molecule has 1 spiro atoms. The Bertz CT molecular complexity index is 251.